The Morgan fingerprint density at radius 2 is 2.06 bits per heavy atom. The lowest BCUT2D eigenvalue weighted by Gasteiger charge is -2.30. The fraction of sp³-hybridized carbons (Fsp3) is 0.923. The van der Waals surface area contributed by atoms with Crippen molar-refractivity contribution in [1.29, 1.82) is 0 Å². The molecule has 0 amide bonds. The van der Waals surface area contributed by atoms with Gasteiger partial charge in [0.2, 0.25) is 0 Å². The molecule has 4 heteroatoms. The van der Waals surface area contributed by atoms with Crippen LogP contribution in [-0.4, -0.2) is 43.2 Å². The van der Waals surface area contributed by atoms with E-state index < -0.39 is 5.54 Å². The number of nitrogens with zero attached hydrogens (tertiary/aromatic N) is 1. The average molecular weight is 242 g/mol. The molecule has 1 aliphatic heterocycles. The second-order valence-corrected chi connectivity index (χ2v) is 5.58. The molecule has 0 radical (unpaired) electrons. The number of hydrogen-bond donors (Lipinski definition) is 1. The molecule has 2 N–H and O–H groups in total. The van der Waals surface area contributed by atoms with E-state index in [4.69, 9.17) is 10.5 Å². The summed E-state index contributed by atoms with van der Waals surface area (Å²) in [6, 6.07) is 0. The number of likely N-dealkylation sites (tertiary alicyclic amines) is 1. The summed E-state index contributed by atoms with van der Waals surface area (Å²) in [5, 5.41) is 0. The molecule has 0 aromatic heterocycles. The Labute approximate surface area is 104 Å². The van der Waals surface area contributed by atoms with Gasteiger partial charge in [0.25, 0.3) is 0 Å². The molecule has 0 saturated carbocycles. The summed E-state index contributed by atoms with van der Waals surface area (Å²) in [5.41, 5.74) is 5.53. The second kappa shape index (κ2) is 5.36. The van der Waals surface area contributed by atoms with Gasteiger partial charge in [-0.2, -0.15) is 0 Å². The smallest absolute Gasteiger partial charge is 0.326 e. The van der Waals surface area contributed by atoms with Crippen molar-refractivity contribution in [2.45, 2.75) is 45.6 Å². The first kappa shape index (κ1) is 14.5. The van der Waals surface area contributed by atoms with Crippen molar-refractivity contribution in [2.75, 3.05) is 26.7 Å². The van der Waals surface area contributed by atoms with Gasteiger partial charge in [-0.1, -0.05) is 13.8 Å². The van der Waals surface area contributed by atoms with E-state index in [0.29, 0.717) is 12.0 Å². The Bertz CT molecular complexity index is 273. The van der Waals surface area contributed by atoms with E-state index in [1.54, 1.807) is 6.92 Å². The molecule has 0 aliphatic carbocycles. The topological polar surface area (TPSA) is 55.6 Å². The fourth-order valence-corrected chi connectivity index (χ4v) is 2.75. The van der Waals surface area contributed by atoms with Crippen LogP contribution in [0.3, 0.4) is 0 Å². The highest BCUT2D eigenvalue weighted by molar-refractivity contribution is 5.80. The van der Waals surface area contributed by atoms with Gasteiger partial charge >= 0.3 is 5.97 Å². The third-order valence-corrected chi connectivity index (χ3v) is 4.22. The molecule has 0 aromatic rings. The van der Waals surface area contributed by atoms with Crippen LogP contribution in [0.2, 0.25) is 0 Å². The first-order chi connectivity index (χ1) is 7.89. The quantitative estimate of drug-likeness (QED) is 0.740. The molecule has 0 spiro atoms. The molecule has 1 saturated heterocycles. The fourth-order valence-electron chi connectivity index (χ4n) is 2.75. The van der Waals surface area contributed by atoms with Crippen LogP contribution in [-0.2, 0) is 9.53 Å². The van der Waals surface area contributed by atoms with Crippen LogP contribution < -0.4 is 5.73 Å². The summed E-state index contributed by atoms with van der Waals surface area (Å²) >= 11 is 0. The average Bonchev–Trinajstić information content (AvgIpc) is 2.71. The van der Waals surface area contributed by atoms with E-state index in [1.807, 2.05) is 0 Å². The van der Waals surface area contributed by atoms with Crippen LogP contribution in [0.15, 0.2) is 0 Å². The van der Waals surface area contributed by atoms with Gasteiger partial charge in [0.15, 0.2) is 0 Å². The number of rotatable bonds is 5. The third kappa shape index (κ3) is 3.19. The lowest BCUT2D eigenvalue weighted by molar-refractivity contribution is -0.147. The number of methoxy groups -OCH3 is 1. The summed E-state index contributed by atoms with van der Waals surface area (Å²) in [5.74, 6) is -0.331. The first-order valence-electron chi connectivity index (χ1n) is 6.49. The molecule has 1 fully saturated rings. The maximum atomic E-state index is 11.5. The molecule has 1 rings (SSSR count). The summed E-state index contributed by atoms with van der Waals surface area (Å²) in [6.45, 7) is 8.90. The van der Waals surface area contributed by atoms with E-state index in [-0.39, 0.29) is 5.97 Å². The van der Waals surface area contributed by atoms with E-state index >= 15 is 0 Å². The number of carbonyl (C=O) groups excluding carboxylic acids is 1. The van der Waals surface area contributed by atoms with Crippen molar-refractivity contribution in [3.63, 3.8) is 0 Å². The van der Waals surface area contributed by atoms with Gasteiger partial charge in [0, 0.05) is 13.1 Å². The number of carbonyl (C=O) groups is 1. The molecular weight excluding hydrogens is 216 g/mol. The summed E-state index contributed by atoms with van der Waals surface area (Å²) in [7, 11) is 1.39. The number of ether oxygens (including phenoxy) is 1. The largest absolute Gasteiger partial charge is 0.468 e. The zero-order valence-corrected chi connectivity index (χ0v) is 11.6. The van der Waals surface area contributed by atoms with E-state index in [0.717, 1.165) is 13.1 Å². The van der Waals surface area contributed by atoms with Crippen molar-refractivity contribution in [3.8, 4) is 0 Å². The van der Waals surface area contributed by atoms with Crippen LogP contribution in [0.1, 0.15) is 40.0 Å². The van der Waals surface area contributed by atoms with E-state index in [1.165, 1.54) is 26.4 Å². The van der Waals surface area contributed by atoms with Crippen molar-refractivity contribution < 1.29 is 9.53 Å². The molecule has 17 heavy (non-hydrogen) atoms. The minimum Gasteiger partial charge on any atom is -0.468 e. The van der Waals surface area contributed by atoms with Crippen LogP contribution in [0, 0.1) is 5.41 Å². The second-order valence-electron chi connectivity index (χ2n) is 5.58. The highest BCUT2D eigenvalue weighted by atomic mass is 16.5. The summed E-state index contributed by atoms with van der Waals surface area (Å²) < 4.78 is 4.74. The Balaban J connectivity index is 2.58. The molecule has 1 heterocycles. The Morgan fingerprint density at radius 1 is 1.47 bits per heavy atom. The van der Waals surface area contributed by atoms with Crippen LogP contribution >= 0.6 is 0 Å². The maximum Gasteiger partial charge on any atom is 0.326 e. The Morgan fingerprint density at radius 3 is 2.47 bits per heavy atom. The zero-order valence-electron chi connectivity index (χ0n) is 11.6. The zero-order chi connectivity index (χ0) is 13.1. The van der Waals surface area contributed by atoms with Gasteiger partial charge in [0.1, 0.15) is 5.54 Å². The predicted molar refractivity (Wildman–Crippen MR) is 68.7 cm³/mol. The maximum absolute atomic E-state index is 11.5. The highest BCUT2D eigenvalue weighted by Crippen LogP contribution is 2.37. The lowest BCUT2D eigenvalue weighted by atomic mass is 9.82. The predicted octanol–water partition coefficient (Wildman–Crippen LogP) is 1.39. The van der Waals surface area contributed by atoms with Crippen LogP contribution in [0.5, 0.6) is 0 Å². The lowest BCUT2D eigenvalue weighted by Crippen LogP contribution is -2.54. The summed E-state index contributed by atoms with van der Waals surface area (Å²) in [4.78, 5) is 13.8. The number of hydrogen-bond acceptors (Lipinski definition) is 4. The molecule has 4 nitrogen and oxygen atoms in total. The molecule has 1 unspecified atom stereocenters. The van der Waals surface area contributed by atoms with Gasteiger partial charge < -0.3 is 15.4 Å². The van der Waals surface area contributed by atoms with Crippen molar-refractivity contribution in [3.05, 3.63) is 0 Å². The molecule has 0 bridgehead atoms. The number of esters is 1. The van der Waals surface area contributed by atoms with E-state index in [2.05, 4.69) is 18.7 Å². The van der Waals surface area contributed by atoms with Crippen molar-refractivity contribution >= 4 is 5.97 Å². The van der Waals surface area contributed by atoms with Gasteiger partial charge in [-0.25, -0.2) is 0 Å². The Hall–Kier alpha value is -0.610. The van der Waals surface area contributed by atoms with Gasteiger partial charge in [0.05, 0.1) is 7.11 Å². The molecular formula is C13H26N2O2. The third-order valence-electron chi connectivity index (χ3n) is 4.22. The van der Waals surface area contributed by atoms with E-state index in [9.17, 15) is 4.79 Å². The minimum atomic E-state index is -0.897. The number of nitrogens with two attached hydrogens (primary N) is 1. The highest BCUT2D eigenvalue weighted by Gasteiger charge is 2.39. The van der Waals surface area contributed by atoms with Crippen LogP contribution in [0.25, 0.3) is 0 Å². The SMILES string of the molecule is CCC1(CC)CCN(CC(C)(N)C(=O)OC)C1. The summed E-state index contributed by atoms with van der Waals surface area (Å²) in [6.07, 6.45) is 3.59. The monoisotopic (exact) mass is 242 g/mol. The normalized spacial score (nSPS) is 23.4. The van der Waals surface area contributed by atoms with Crippen molar-refractivity contribution in [1.82, 2.24) is 4.90 Å². The minimum absolute atomic E-state index is 0.331. The van der Waals surface area contributed by atoms with Gasteiger partial charge in [-0.05, 0) is 38.1 Å². The van der Waals surface area contributed by atoms with Gasteiger partial charge in [-0.15, -0.1) is 0 Å². The standard InChI is InChI=1S/C13H26N2O2/c1-5-13(6-2)7-8-15(10-13)9-12(3,14)11(16)17-4/h5-10,14H2,1-4H3. The van der Waals surface area contributed by atoms with Crippen LogP contribution in [0.4, 0.5) is 0 Å². The molecule has 0 aromatic carbocycles. The Kier molecular flexibility index (Phi) is 4.55. The first-order valence-corrected chi connectivity index (χ1v) is 6.49. The van der Waals surface area contributed by atoms with Crippen molar-refractivity contribution in [2.24, 2.45) is 11.1 Å². The van der Waals surface area contributed by atoms with Gasteiger partial charge in [-0.3, -0.25) is 4.79 Å². The molecule has 1 aliphatic rings. The molecule has 100 valence electrons. The molecule has 1 atom stereocenters.